The Morgan fingerprint density at radius 3 is 2.88 bits per heavy atom. The highest BCUT2D eigenvalue weighted by Crippen LogP contribution is 2.30. The Hall–Kier alpha value is -0.570. The number of rotatable bonds is 6. The second-order valence-electron chi connectivity index (χ2n) is 5.48. The number of carbonyl (C=O) groups is 1. The zero-order valence-corrected chi connectivity index (χ0v) is 10.5. The van der Waals surface area contributed by atoms with Gasteiger partial charge in [-0.05, 0) is 31.7 Å². The largest absolute Gasteiger partial charge is 0.338 e. The van der Waals surface area contributed by atoms with Crippen LogP contribution in [0.1, 0.15) is 46.0 Å². The van der Waals surface area contributed by atoms with Crippen molar-refractivity contribution >= 4 is 5.91 Å². The second kappa shape index (κ2) is 5.17. The first-order valence-corrected chi connectivity index (χ1v) is 6.73. The summed E-state index contributed by atoms with van der Waals surface area (Å²) in [6.07, 6.45) is 5.70. The zero-order valence-electron chi connectivity index (χ0n) is 10.5. The molecule has 92 valence electrons. The van der Waals surface area contributed by atoms with E-state index in [1.807, 2.05) is 0 Å². The van der Waals surface area contributed by atoms with E-state index in [2.05, 4.69) is 24.1 Å². The molecule has 0 radical (unpaired) electrons. The van der Waals surface area contributed by atoms with E-state index in [0.717, 1.165) is 25.4 Å². The van der Waals surface area contributed by atoms with E-state index in [0.29, 0.717) is 18.0 Å². The van der Waals surface area contributed by atoms with Crippen LogP contribution in [-0.2, 0) is 4.79 Å². The molecule has 2 atom stereocenters. The lowest BCUT2D eigenvalue weighted by molar-refractivity contribution is -0.128. The van der Waals surface area contributed by atoms with Gasteiger partial charge in [0.25, 0.3) is 0 Å². The first-order chi connectivity index (χ1) is 7.70. The molecule has 0 bridgehead atoms. The smallest absolute Gasteiger partial charge is 0.224 e. The standard InChI is InChI=1S/C13H24N2O/c1-3-4-10(2)8-14-11-7-13(16)15(9-11)12-5-6-12/h10-12,14H,3-9H2,1-2H3. The molecule has 2 rings (SSSR count). The molecule has 1 N–H and O–H groups in total. The molecule has 1 saturated carbocycles. The molecule has 1 heterocycles. The Labute approximate surface area is 98.6 Å². The van der Waals surface area contributed by atoms with Gasteiger partial charge >= 0.3 is 0 Å². The number of nitrogens with zero attached hydrogens (tertiary/aromatic N) is 1. The first kappa shape index (κ1) is 11.9. The van der Waals surface area contributed by atoms with E-state index >= 15 is 0 Å². The van der Waals surface area contributed by atoms with Crippen LogP contribution in [0.25, 0.3) is 0 Å². The molecule has 1 aliphatic carbocycles. The van der Waals surface area contributed by atoms with Crippen LogP contribution >= 0.6 is 0 Å². The van der Waals surface area contributed by atoms with E-state index in [4.69, 9.17) is 0 Å². The van der Waals surface area contributed by atoms with Crippen molar-refractivity contribution < 1.29 is 4.79 Å². The Morgan fingerprint density at radius 2 is 2.25 bits per heavy atom. The molecule has 16 heavy (non-hydrogen) atoms. The van der Waals surface area contributed by atoms with E-state index in [9.17, 15) is 4.79 Å². The van der Waals surface area contributed by atoms with Crippen LogP contribution in [-0.4, -0.2) is 36.0 Å². The molecule has 0 spiro atoms. The van der Waals surface area contributed by atoms with Crippen LogP contribution in [0, 0.1) is 5.92 Å². The van der Waals surface area contributed by atoms with Crippen molar-refractivity contribution in [2.45, 2.75) is 58.0 Å². The summed E-state index contributed by atoms with van der Waals surface area (Å²) in [5, 5.41) is 3.55. The third-order valence-electron chi connectivity index (χ3n) is 3.68. The van der Waals surface area contributed by atoms with Crippen molar-refractivity contribution in [2.75, 3.05) is 13.1 Å². The summed E-state index contributed by atoms with van der Waals surface area (Å²) in [4.78, 5) is 13.8. The van der Waals surface area contributed by atoms with Gasteiger partial charge in [0.1, 0.15) is 0 Å². The molecule has 0 aromatic carbocycles. The lowest BCUT2D eigenvalue weighted by Gasteiger charge is -2.18. The maximum Gasteiger partial charge on any atom is 0.224 e. The van der Waals surface area contributed by atoms with E-state index in [-0.39, 0.29) is 0 Å². The van der Waals surface area contributed by atoms with E-state index < -0.39 is 0 Å². The predicted molar refractivity (Wildman–Crippen MR) is 65.2 cm³/mol. The third kappa shape index (κ3) is 2.97. The fourth-order valence-corrected chi connectivity index (χ4v) is 2.57. The van der Waals surface area contributed by atoms with Crippen LogP contribution in [0.15, 0.2) is 0 Å². The maximum absolute atomic E-state index is 11.7. The molecule has 1 saturated heterocycles. The minimum atomic E-state index is 0.364. The van der Waals surface area contributed by atoms with Gasteiger partial charge in [0.05, 0.1) is 0 Å². The Kier molecular flexibility index (Phi) is 3.85. The summed E-state index contributed by atoms with van der Waals surface area (Å²) in [7, 11) is 0. The highest BCUT2D eigenvalue weighted by Gasteiger charge is 2.38. The summed E-state index contributed by atoms with van der Waals surface area (Å²) in [6.45, 7) is 6.52. The summed E-state index contributed by atoms with van der Waals surface area (Å²) >= 11 is 0. The van der Waals surface area contributed by atoms with Gasteiger partial charge in [-0.2, -0.15) is 0 Å². The van der Waals surface area contributed by atoms with Crippen molar-refractivity contribution in [1.29, 1.82) is 0 Å². The number of carbonyl (C=O) groups excluding carboxylic acids is 1. The SMILES string of the molecule is CCCC(C)CNC1CC(=O)N(C2CC2)C1. The highest BCUT2D eigenvalue weighted by atomic mass is 16.2. The molecule has 2 unspecified atom stereocenters. The number of likely N-dealkylation sites (tertiary alicyclic amines) is 1. The molecular formula is C13H24N2O. The minimum Gasteiger partial charge on any atom is -0.338 e. The van der Waals surface area contributed by atoms with Crippen LogP contribution in [0.4, 0.5) is 0 Å². The number of nitrogens with one attached hydrogen (secondary N) is 1. The van der Waals surface area contributed by atoms with E-state index in [1.54, 1.807) is 0 Å². The molecule has 1 amide bonds. The summed E-state index contributed by atoms with van der Waals surface area (Å²) in [5.41, 5.74) is 0. The number of hydrogen-bond acceptors (Lipinski definition) is 2. The minimum absolute atomic E-state index is 0.364. The number of hydrogen-bond donors (Lipinski definition) is 1. The molecule has 0 aromatic heterocycles. The summed E-state index contributed by atoms with van der Waals surface area (Å²) < 4.78 is 0. The molecule has 3 nitrogen and oxygen atoms in total. The predicted octanol–water partition coefficient (Wildman–Crippen LogP) is 1.78. The summed E-state index contributed by atoms with van der Waals surface area (Å²) in [5.74, 6) is 1.10. The molecule has 2 fully saturated rings. The van der Waals surface area contributed by atoms with Crippen LogP contribution in [0.5, 0.6) is 0 Å². The fraction of sp³-hybridized carbons (Fsp3) is 0.923. The van der Waals surface area contributed by atoms with Crippen LogP contribution < -0.4 is 5.32 Å². The van der Waals surface area contributed by atoms with Crippen molar-refractivity contribution in [3.05, 3.63) is 0 Å². The van der Waals surface area contributed by atoms with Crippen molar-refractivity contribution in [1.82, 2.24) is 10.2 Å². The monoisotopic (exact) mass is 224 g/mol. The quantitative estimate of drug-likeness (QED) is 0.746. The molecule has 3 heteroatoms. The summed E-state index contributed by atoms with van der Waals surface area (Å²) in [6, 6.07) is 1.000. The average molecular weight is 224 g/mol. The van der Waals surface area contributed by atoms with Gasteiger partial charge < -0.3 is 10.2 Å². The average Bonchev–Trinajstić information content (AvgIpc) is 3.01. The van der Waals surface area contributed by atoms with Crippen molar-refractivity contribution in [3.8, 4) is 0 Å². The molecular weight excluding hydrogens is 200 g/mol. The normalized spacial score (nSPS) is 27.5. The first-order valence-electron chi connectivity index (χ1n) is 6.73. The lowest BCUT2D eigenvalue weighted by atomic mass is 10.1. The lowest BCUT2D eigenvalue weighted by Crippen LogP contribution is -2.36. The topological polar surface area (TPSA) is 32.3 Å². The van der Waals surface area contributed by atoms with Gasteiger partial charge in [-0.15, -0.1) is 0 Å². The van der Waals surface area contributed by atoms with Gasteiger partial charge in [0.15, 0.2) is 0 Å². The van der Waals surface area contributed by atoms with Gasteiger partial charge in [-0.3, -0.25) is 4.79 Å². The van der Waals surface area contributed by atoms with Gasteiger partial charge in [0.2, 0.25) is 5.91 Å². The van der Waals surface area contributed by atoms with Crippen molar-refractivity contribution in [3.63, 3.8) is 0 Å². The number of amides is 1. The highest BCUT2D eigenvalue weighted by molar-refractivity contribution is 5.80. The molecule has 2 aliphatic rings. The Bertz CT molecular complexity index is 250. The van der Waals surface area contributed by atoms with Gasteiger partial charge in [-0.1, -0.05) is 20.3 Å². The van der Waals surface area contributed by atoms with E-state index in [1.165, 1.54) is 25.7 Å². The Balaban J connectivity index is 1.69. The van der Waals surface area contributed by atoms with Crippen molar-refractivity contribution in [2.24, 2.45) is 5.92 Å². The maximum atomic E-state index is 11.7. The van der Waals surface area contributed by atoms with Gasteiger partial charge in [-0.25, -0.2) is 0 Å². The van der Waals surface area contributed by atoms with Crippen LogP contribution in [0.2, 0.25) is 0 Å². The van der Waals surface area contributed by atoms with Crippen LogP contribution in [0.3, 0.4) is 0 Å². The molecule has 0 aromatic rings. The Morgan fingerprint density at radius 1 is 1.50 bits per heavy atom. The van der Waals surface area contributed by atoms with Gasteiger partial charge in [0, 0.05) is 25.0 Å². The molecule has 1 aliphatic heterocycles. The third-order valence-corrected chi connectivity index (χ3v) is 3.68. The zero-order chi connectivity index (χ0) is 11.5. The second-order valence-corrected chi connectivity index (χ2v) is 5.48. The fourth-order valence-electron chi connectivity index (χ4n) is 2.57.